The topological polar surface area (TPSA) is 111 Å². The SMILES string of the molecule is COC(=O)C(CN)c1ccc(O)c(NC(=O)OC(C)(C)C)c1. The minimum absolute atomic E-state index is 0.0450. The maximum Gasteiger partial charge on any atom is 0.412 e. The van der Waals surface area contributed by atoms with Gasteiger partial charge in [0.25, 0.3) is 0 Å². The zero-order valence-corrected chi connectivity index (χ0v) is 13.2. The molecule has 122 valence electrons. The molecule has 22 heavy (non-hydrogen) atoms. The van der Waals surface area contributed by atoms with Crippen molar-refractivity contribution in [2.75, 3.05) is 19.0 Å². The Hall–Kier alpha value is -2.28. The van der Waals surface area contributed by atoms with Crippen molar-refractivity contribution in [2.24, 2.45) is 5.73 Å². The number of hydrogen-bond donors (Lipinski definition) is 3. The second-order valence-electron chi connectivity index (χ2n) is 5.71. The monoisotopic (exact) mass is 310 g/mol. The molecule has 0 radical (unpaired) electrons. The van der Waals surface area contributed by atoms with Crippen LogP contribution in [0.2, 0.25) is 0 Å². The van der Waals surface area contributed by atoms with Gasteiger partial charge in [0.15, 0.2) is 0 Å². The van der Waals surface area contributed by atoms with Gasteiger partial charge in [0.05, 0.1) is 18.7 Å². The molecule has 7 nitrogen and oxygen atoms in total. The predicted molar refractivity (Wildman–Crippen MR) is 81.8 cm³/mol. The minimum Gasteiger partial charge on any atom is -0.506 e. The van der Waals surface area contributed by atoms with E-state index in [0.717, 1.165) is 0 Å². The number of rotatable bonds is 4. The third-order valence-corrected chi connectivity index (χ3v) is 2.78. The number of carbonyl (C=O) groups is 2. The van der Waals surface area contributed by atoms with E-state index in [2.05, 4.69) is 10.1 Å². The number of carbonyl (C=O) groups excluding carboxylic acids is 2. The summed E-state index contributed by atoms with van der Waals surface area (Å²) >= 11 is 0. The lowest BCUT2D eigenvalue weighted by Gasteiger charge is -2.20. The normalized spacial score (nSPS) is 12.4. The quantitative estimate of drug-likeness (QED) is 0.579. The fourth-order valence-electron chi connectivity index (χ4n) is 1.79. The van der Waals surface area contributed by atoms with Crippen LogP contribution in [0.3, 0.4) is 0 Å². The van der Waals surface area contributed by atoms with E-state index in [9.17, 15) is 14.7 Å². The Morgan fingerprint density at radius 3 is 2.50 bits per heavy atom. The number of esters is 1. The molecule has 0 aliphatic rings. The standard InChI is InChI=1S/C15H22N2O5/c1-15(2,3)22-14(20)17-11-7-9(5-6-12(11)18)10(8-16)13(19)21-4/h5-7,10,18H,8,16H2,1-4H3,(H,17,20). The first-order chi connectivity index (χ1) is 10.2. The van der Waals surface area contributed by atoms with E-state index in [1.165, 1.54) is 19.2 Å². The van der Waals surface area contributed by atoms with Crippen LogP contribution in [0.4, 0.5) is 10.5 Å². The van der Waals surface area contributed by atoms with Crippen molar-refractivity contribution in [3.8, 4) is 5.75 Å². The van der Waals surface area contributed by atoms with Gasteiger partial charge in [0.1, 0.15) is 11.4 Å². The van der Waals surface area contributed by atoms with Crippen LogP contribution in [0, 0.1) is 0 Å². The molecule has 0 aliphatic carbocycles. The van der Waals surface area contributed by atoms with Crippen LogP contribution >= 0.6 is 0 Å². The molecule has 0 heterocycles. The lowest BCUT2D eigenvalue weighted by Crippen LogP contribution is -2.27. The number of nitrogens with one attached hydrogen (secondary N) is 1. The lowest BCUT2D eigenvalue weighted by atomic mass is 9.98. The van der Waals surface area contributed by atoms with E-state index < -0.39 is 23.6 Å². The molecule has 0 aromatic heterocycles. The number of phenolic OH excluding ortho intramolecular Hbond substituents is 1. The van der Waals surface area contributed by atoms with Crippen LogP contribution in [-0.2, 0) is 14.3 Å². The molecule has 4 N–H and O–H groups in total. The van der Waals surface area contributed by atoms with Crippen LogP contribution in [0.15, 0.2) is 18.2 Å². The Morgan fingerprint density at radius 2 is 2.00 bits per heavy atom. The molecule has 0 saturated carbocycles. The van der Waals surface area contributed by atoms with Crippen molar-refractivity contribution in [1.82, 2.24) is 0 Å². The van der Waals surface area contributed by atoms with Crippen molar-refractivity contribution >= 4 is 17.7 Å². The summed E-state index contributed by atoms with van der Waals surface area (Å²) in [5.74, 6) is -1.31. The number of ether oxygens (including phenoxy) is 2. The summed E-state index contributed by atoms with van der Waals surface area (Å²) in [6.45, 7) is 5.23. The molecular weight excluding hydrogens is 288 g/mol. The molecule has 1 rings (SSSR count). The van der Waals surface area contributed by atoms with Gasteiger partial charge in [0, 0.05) is 6.54 Å². The van der Waals surface area contributed by atoms with Crippen molar-refractivity contribution in [1.29, 1.82) is 0 Å². The molecule has 0 saturated heterocycles. The van der Waals surface area contributed by atoms with Gasteiger partial charge in [-0.15, -0.1) is 0 Å². The highest BCUT2D eigenvalue weighted by Gasteiger charge is 2.22. The molecule has 0 fully saturated rings. The second-order valence-corrected chi connectivity index (χ2v) is 5.71. The highest BCUT2D eigenvalue weighted by atomic mass is 16.6. The number of amides is 1. The zero-order chi connectivity index (χ0) is 16.9. The Labute approximate surface area is 129 Å². The van der Waals surface area contributed by atoms with Gasteiger partial charge in [-0.25, -0.2) is 4.79 Å². The smallest absolute Gasteiger partial charge is 0.412 e. The Bertz CT molecular complexity index is 551. The largest absolute Gasteiger partial charge is 0.506 e. The highest BCUT2D eigenvalue weighted by Crippen LogP contribution is 2.28. The average molecular weight is 310 g/mol. The van der Waals surface area contributed by atoms with Gasteiger partial charge in [-0.3, -0.25) is 10.1 Å². The molecule has 1 unspecified atom stereocenters. The Kier molecular flexibility index (Phi) is 5.76. The van der Waals surface area contributed by atoms with Crippen LogP contribution < -0.4 is 11.1 Å². The summed E-state index contributed by atoms with van der Waals surface area (Å²) in [7, 11) is 1.27. The van der Waals surface area contributed by atoms with E-state index in [0.29, 0.717) is 5.56 Å². The number of hydrogen-bond acceptors (Lipinski definition) is 6. The number of phenols is 1. The van der Waals surface area contributed by atoms with Crippen molar-refractivity contribution in [2.45, 2.75) is 32.3 Å². The van der Waals surface area contributed by atoms with Gasteiger partial charge < -0.3 is 20.3 Å². The first-order valence-electron chi connectivity index (χ1n) is 6.78. The van der Waals surface area contributed by atoms with E-state index in [1.807, 2.05) is 0 Å². The van der Waals surface area contributed by atoms with Crippen LogP contribution in [0.25, 0.3) is 0 Å². The molecule has 1 aromatic rings. The van der Waals surface area contributed by atoms with E-state index >= 15 is 0 Å². The average Bonchev–Trinajstić information content (AvgIpc) is 2.40. The number of aromatic hydroxyl groups is 1. The zero-order valence-electron chi connectivity index (χ0n) is 13.2. The second kappa shape index (κ2) is 7.13. The molecule has 7 heteroatoms. The Morgan fingerprint density at radius 1 is 1.36 bits per heavy atom. The van der Waals surface area contributed by atoms with E-state index in [4.69, 9.17) is 10.5 Å². The first kappa shape index (κ1) is 17.8. The van der Waals surface area contributed by atoms with Crippen LogP contribution in [0.1, 0.15) is 32.3 Å². The van der Waals surface area contributed by atoms with Crippen molar-refractivity contribution < 1.29 is 24.2 Å². The Balaban J connectivity index is 2.99. The maximum atomic E-state index is 11.8. The fourth-order valence-corrected chi connectivity index (χ4v) is 1.79. The molecule has 0 spiro atoms. The number of benzene rings is 1. The first-order valence-corrected chi connectivity index (χ1v) is 6.78. The fraction of sp³-hybridized carbons (Fsp3) is 0.467. The van der Waals surface area contributed by atoms with Crippen molar-refractivity contribution in [3.63, 3.8) is 0 Å². The van der Waals surface area contributed by atoms with E-state index in [1.54, 1.807) is 26.8 Å². The highest BCUT2D eigenvalue weighted by molar-refractivity contribution is 5.87. The van der Waals surface area contributed by atoms with Crippen molar-refractivity contribution in [3.05, 3.63) is 23.8 Å². The number of anilines is 1. The van der Waals surface area contributed by atoms with Crippen LogP contribution in [0.5, 0.6) is 5.75 Å². The van der Waals surface area contributed by atoms with E-state index in [-0.39, 0.29) is 18.0 Å². The van der Waals surface area contributed by atoms with Gasteiger partial charge >= 0.3 is 12.1 Å². The van der Waals surface area contributed by atoms with Gasteiger partial charge in [-0.2, -0.15) is 0 Å². The molecule has 1 amide bonds. The summed E-state index contributed by atoms with van der Waals surface area (Å²) in [5, 5.41) is 12.3. The molecule has 1 atom stereocenters. The summed E-state index contributed by atoms with van der Waals surface area (Å²) in [4.78, 5) is 23.4. The number of methoxy groups -OCH3 is 1. The van der Waals surface area contributed by atoms with Gasteiger partial charge in [-0.1, -0.05) is 6.07 Å². The molecular formula is C15H22N2O5. The number of nitrogens with two attached hydrogens (primary N) is 1. The summed E-state index contributed by atoms with van der Waals surface area (Å²) in [5.41, 5.74) is 5.57. The molecule has 0 aliphatic heterocycles. The van der Waals surface area contributed by atoms with Gasteiger partial charge in [0.2, 0.25) is 0 Å². The molecule has 0 bridgehead atoms. The van der Waals surface area contributed by atoms with Gasteiger partial charge in [-0.05, 0) is 38.5 Å². The maximum absolute atomic E-state index is 11.8. The summed E-state index contributed by atoms with van der Waals surface area (Å²) < 4.78 is 9.80. The lowest BCUT2D eigenvalue weighted by molar-refractivity contribution is -0.142. The third kappa shape index (κ3) is 4.92. The van der Waals surface area contributed by atoms with Crippen LogP contribution in [-0.4, -0.2) is 36.4 Å². The molecule has 1 aromatic carbocycles. The third-order valence-electron chi connectivity index (χ3n) is 2.78. The minimum atomic E-state index is -0.706. The summed E-state index contributed by atoms with van der Waals surface area (Å²) in [6.07, 6.45) is -0.706. The summed E-state index contributed by atoms with van der Waals surface area (Å²) in [6, 6.07) is 4.38. The predicted octanol–water partition coefficient (Wildman–Crippen LogP) is 1.95.